The minimum Gasteiger partial charge on any atom is -0.483 e. The van der Waals surface area contributed by atoms with E-state index in [1.165, 1.54) is 5.56 Å². The third kappa shape index (κ3) is 6.38. The van der Waals surface area contributed by atoms with Crippen LogP contribution in [0.15, 0.2) is 42.7 Å². The highest BCUT2D eigenvalue weighted by Gasteiger charge is 2.45. The zero-order valence-corrected chi connectivity index (χ0v) is 17.8. The van der Waals surface area contributed by atoms with Gasteiger partial charge in [-0.15, -0.1) is 0 Å². The zero-order valence-electron chi connectivity index (χ0n) is 17.8. The Bertz CT molecular complexity index is 747. The van der Waals surface area contributed by atoms with Crippen molar-refractivity contribution in [2.45, 2.75) is 31.5 Å². The van der Waals surface area contributed by atoms with Crippen molar-refractivity contribution in [3.8, 4) is 0 Å². The first-order valence-electron chi connectivity index (χ1n) is 9.64. The van der Waals surface area contributed by atoms with Crippen LogP contribution < -0.4 is 0 Å². The van der Waals surface area contributed by atoms with Gasteiger partial charge in [0, 0.05) is 38.6 Å². The number of aliphatic hydroxyl groups excluding tert-OH is 1. The van der Waals surface area contributed by atoms with E-state index in [1.54, 1.807) is 0 Å². The van der Waals surface area contributed by atoms with E-state index in [1.807, 2.05) is 25.4 Å². The molecule has 9 heteroatoms. The molecule has 1 aromatic heterocycles. The van der Waals surface area contributed by atoms with E-state index in [0.717, 1.165) is 31.9 Å². The molecule has 1 aliphatic rings. The van der Waals surface area contributed by atoms with Crippen LogP contribution in [0, 0.1) is 6.92 Å². The summed E-state index contributed by atoms with van der Waals surface area (Å²) in [6.07, 6.45) is 4.37. The Hall–Kier alpha value is -2.75. The van der Waals surface area contributed by atoms with Gasteiger partial charge in [0.1, 0.15) is 5.82 Å². The molecule has 1 fully saturated rings. The van der Waals surface area contributed by atoms with Crippen LogP contribution in [0.25, 0.3) is 0 Å². The molecule has 3 N–H and O–H groups in total. The SMILES string of the molecule is Cc1nccn1CCN1CC[C@](c2ccccc2)(N(C)C)[C@@H](O)C1.O=CO.O=CO. The molecule has 30 heavy (non-hydrogen) atoms. The highest BCUT2D eigenvalue weighted by atomic mass is 16.3. The maximum absolute atomic E-state index is 11.0. The minimum absolute atomic E-state index is 0.250. The molecule has 1 aliphatic heterocycles. The number of nitrogens with zero attached hydrogens (tertiary/aromatic N) is 4. The number of hydrogen-bond acceptors (Lipinski definition) is 6. The number of imidazole rings is 1. The summed E-state index contributed by atoms with van der Waals surface area (Å²) in [7, 11) is 4.14. The van der Waals surface area contributed by atoms with Crippen LogP contribution in [-0.4, -0.2) is 87.4 Å². The fraction of sp³-hybridized carbons (Fsp3) is 0.476. The number of benzene rings is 1. The van der Waals surface area contributed by atoms with E-state index in [-0.39, 0.29) is 18.5 Å². The molecule has 3 rings (SSSR count). The second-order valence-electron chi connectivity index (χ2n) is 7.13. The van der Waals surface area contributed by atoms with E-state index in [0.29, 0.717) is 6.54 Å². The first-order valence-corrected chi connectivity index (χ1v) is 9.64. The van der Waals surface area contributed by atoms with Gasteiger partial charge in [0.15, 0.2) is 0 Å². The average Bonchev–Trinajstić information content (AvgIpc) is 3.13. The molecule has 2 heterocycles. The van der Waals surface area contributed by atoms with Crippen molar-refractivity contribution in [1.82, 2.24) is 19.4 Å². The molecular weight excluding hydrogens is 388 g/mol. The number of rotatable bonds is 5. The Labute approximate surface area is 177 Å². The molecule has 1 saturated heterocycles. The largest absolute Gasteiger partial charge is 0.483 e. The van der Waals surface area contributed by atoms with Gasteiger partial charge in [0.2, 0.25) is 0 Å². The molecule has 0 aliphatic carbocycles. The van der Waals surface area contributed by atoms with E-state index >= 15 is 0 Å². The fourth-order valence-electron chi connectivity index (χ4n) is 3.92. The lowest BCUT2D eigenvalue weighted by atomic mass is 9.77. The van der Waals surface area contributed by atoms with E-state index < -0.39 is 6.10 Å². The highest BCUT2D eigenvalue weighted by molar-refractivity contribution is 5.33. The topological polar surface area (TPSA) is 119 Å². The van der Waals surface area contributed by atoms with Gasteiger partial charge in [0.05, 0.1) is 11.6 Å². The zero-order chi connectivity index (χ0) is 22.6. The predicted octanol–water partition coefficient (Wildman–Crippen LogP) is 1.12. The molecule has 0 radical (unpaired) electrons. The summed E-state index contributed by atoms with van der Waals surface area (Å²) in [5.41, 5.74) is 0.899. The van der Waals surface area contributed by atoms with Crippen molar-refractivity contribution in [3.63, 3.8) is 0 Å². The summed E-state index contributed by atoms with van der Waals surface area (Å²) >= 11 is 0. The van der Waals surface area contributed by atoms with Gasteiger partial charge in [0.25, 0.3) is 12.9 Å². The smallest absolute Gasteiger partial charge is 0.290 e. The first kappa shape index (κ1) is 25.3. The number of likely N-dealkylation sites (tertiary alicyclic amines) is 1. The molecule has 2 aromatic rings. The van der Waals surface area contributed by atoms with Crippen LogP contribution in [0.2, 0.25) is 0 Å². The Morgan fingerprint density at radius 2 is 1.77 bits per heavy atom. The second-order valence-corrected chi connectivity index (χ2v) is 7.13. The molecule has 0 unspecified atom stereocenters. The van der Waals surface area contributed by atoms with E-state index in [9.17, 15) is 5.11 Å². The normalized spacial score (nSPS) is 21.0. The third-order valence-electron chi connectivity index (χ3n) is 5.44. The quantitative estimate of drug-likeness (QED) is 0.616. The van der Waals surface area contributed by atoms with E-state index in [2.05, 4.69) is 57.7 Å². The highest BCUT2D eigenvalue weighted by Crippen LogP contribution is 2.37. The van der Waals surface area contributed by atoms with Crippen LogP contribution in [0.1, 0.15) is 17.8 Å². The Morgan fingerprint density at radius 3 is 2.23 bits per heavy atom. The number of likely N-dealkylation sites (N-methyl/N-ethyl adjacent to an activating group) is 1. The fourth-order valence-corrected chi connectivity index (χ4v) is 3.92. The van der Waals surface area contributed by atoms with Gasteiger partial charge < -0.3 is 19.9 Å². The van der Waals surface area contributed by atoms with Gasteiger partial charge in [-0.2, -0.15) is 0 Å². The number of piperidine rings is 1. The van der Waals surface area contributed by atoms with Crippen LogP contribution in [0.4, 0.5) is 0 Å². The van der Waals surface area contributed by atoms with Crippen LogP contribution in [-0.2, 0) is 21.7 Å². The lowest BCUT2D eigenvalue weighted by Gasteiger charge is -2.50. The maximum Gasteiger partial charge on any atom is 0.290 e. The molecule has 0 amide bonds. The molecule has 0 bridgehead atoms. The number of hydrogen-bond donors (Lipinski definition) is 3. The Morgan fingerprint density at radius 1 is 1.17 bits per heavy atom. The molecule has 0 spiro atoms. The van der Waals surface area contributed by atoms with Crippen LogP contribution >= 0.6 is 0 Å². The number of carboxylic acid groups (broad SMARTS) is 2. The summed E-state index contributed by atoms with van der Waals surface area (Å²) < 4.78 is 2.16. The lowest BCUT2D eigenvalue weighted by molar-refractivity contribution is -0.123. The average molecular weight is 421 g/mol. The predicted molar refractivity (Wildman–Crippen MR) is 113 cm³/mol. The van der Waals surface area contributed by atoms with Crippen molar-refractivity contribution in [2.24, 2.45) is 0 Å². The third-order valence-corrected chi connectivity index (χ3v) is 5.44. The Kier molecular flexibility index (Phi) is 10.7. The van der Waals surface area contributed by atoms with Gasteiger partial charge in [-0.1, -0.05) is 30.3 Å². The summed E-state index contributed by atoms with van der Waals surface area (Å²) in [6.45, 7) is 5.06. The van der Waals surface area contributed by atoms with Gasteiger partial charge in [-0.05, 0) is 33.0 Å². The molecule has 2 atom stereocenters. The van der Waals surface area contributed by atoms with Crippen molar-refractivity contribution in [3.05, 3.63) is 54.1 Å². The number of aryl methyl sites for hydroxylation is 1. The number of β-amino-alcohol motifs (C(OH)–C–C–N with tert-alkyl or cyclic N) is 1. The van der Waals surface area contributed by atoms with Gasteiger partial charge >= 0.3 is 0 Å². The van der Waals surface area contributed by atoms with Crippen molar-refractivity contribution in [1.29, 1.82) is 0 Å². The van der Waals surface area contributed by atoms with Gasteiger partial charge in [-0.3, -0.25) is 19.4 Å². The summed E-state index contributed by atoms with van der Waals surface area (Å²) in [4.78, 5) is 25.5. The second kappa shape index (κ2) is 12.7. The minimum atomic E-state index is -0.410. The van der Waals surface area contributed by atoms with Crippen molar-refractivity contribution < 1.29 is 24.9 Å². The Balaban J connectivity index is 0.000000672. The van der Waals surface area contributed by atoms with E-state index in [4.69, 9.17) is 19.8 Å². The van der Waals surface area contributed by atoms with Crippen molar-refractivity contribution in [2.75, 3.05) is 33.7 Å². The standard InChI is InChI=1S/C19H28N4O.2CH2O2/c1-16-20-10-12-23(16)14-13-22-11-9-19(21(2)3,18(24)15-22)17-7-5-4-6-8-17;2*2-1-3/h4-8,10,12,18,24H,9,11,13-15H2,1-3H3;2*1H,(H,2,3)/t18-,19+;;/m0../s1. The lowest BCUT2D eigenvalue weighted by Crippen LogP contribution is -2.60. The molecular formula is C21H32N4O5. The summed E-state index contributed by atoms with van der Waals surface area (Å²) in [6, 6.07) is 10.4. The first-order chi connectivity index (χ1) is 14.4. The monoisotopic (exact) mass is 420 g/mol. The van der Waals surface area contributed by atoms with Crippen LogP contribution in [0.5, 0.6) is 0 Å². The molecule has 9 nitrogen and oxygen atoms in total. The summed E-state index contributed by atoms with van der Waals surface area (Å²) in [5.74, 6) is 1.04. The number of aliphatic hydroxyl groups is 1. The van der Waals surface area contributed by atoms with Crippen LogP contribution in [0.3, 0.4) is 0 Å². The summed E-state index contributed by atoms with van der Waals surface area (Å²) in [5, 5.41) is 24.8. The van der Waals surface area contributed by atoms with Crippen molar-refractivity contribution >= 4 is 12.9 Å². The molecule has 0 saturated carbocycles. The molecule has 166 valence electrons. The number of carbonyl (C=O) groups is 2. The molecule has 1 aromatic carbocycles. The maximum atomic E-state index is 11.0. The van der Waals surface area contributed by atoms with Gasteiger partial charge in [-0.25, -0.2) is 4.98 Å². The number of aromatic nitrogens is 2.